The molecule has 0 spiro atoms. The van der Waals surface area contributed by atoms with E-state index < -0.39 is 5.97 Å². The van der Waals surface area contributed by atoms with Gasteiger partial charge in [-0.3, -0.25) is 0 Å². The highest BCUT2D eigenvalue weighted by Crippen LogP contribution is 2.32. The van der Waals surface area contributed by atoms with Crippen LogP contribution in [0.1, 0.15) is 30.9 Å². The van der Waals surface area contributed by atoms with Crippen molar-refractivity contribution in [2.75, 3.05) is 6.61 Å². The highest BCUT2D eigenvalue weighted by atomic mass is 79.9. The number of aryl methyl sites for hydroxylation is 1. The van der Waals surface area contributed by atoms with Gasteiger partial charge in [0.05, 0.1) is 0 Å². The lowest BCUT2D eigenvalue weighted by Crippen LogP contribution is -2.18. The van der Waals surface area contributed by atoms with Gasteiger partial charge in [0, 0.05) is 9.50 Å². The third kappa shape index (κ3) is 4.98. The van der Waals surface area contributed by atoms with Crippen molar-refractivity contribution in [1.82, 2.24) is 0 Å². The Kier molecular flexibility index (Phi) is 6.08. The molecule has 0 fully saturated rings. The second-order valence-corrected chi connectivity index (χ2v) is 6.80. The zero-order valence-corrected chi connectivity index (χ0v) is 15.6. The Morgan fingerprint density at radius 2 is 1.87 bits per heavy atom. The lowest BCUT2D eigenvalue weighted by molar-refractivity contribution is -0.136. The Bertz CT molecular complexity index is 696. The Labute approximate surface area is 149 Å². The van der Waals surface area contributed by atoms with Crippen LogP contribution >= 0.6 is 27.5 Å². The Morgan fingerprint density at radius 1 is 1.22 bits per heavy atom. The normalized spacial score (nSPS) is 10.7. The first kappa shape index (κ1) is 17.8. The monoisotopic (exact) mass is 396 g/mol. The zero-order valence-electron chi connectivity index (χ0n) is 13.2. The molecule has 2 rings (SSSR count). The maximum atomic E-state index is 11.9. The quantitative estimate of drug-likeness (QED) is 0.492. The second-order valence-electron chi connectivity index (χ2n) is 5.51. The molecule has 0 radical (unpaired) electrons. The first-order valence-electron chi connectivity index (χ1n) is 7.26. The van der Waals surface area contributed by atoms with E-state index in [0.29, 0.717) is 16.5 Å². The lowest BCUT2D eigenvalue weighted by Gasteiger charge is -2.15. The van der Waals surface area contributed by atoms with Crippen LogP contribution in [-0.4, -0.2) is 12.6 Å². The largest absolute Gasteiger partial charge is 0.482 e. The average Bonchev–Trinajstić information content (AvgIpc) is 2.50. The summed E-state index contributed by atoms with van der Waals surface area (Å²) in [7, 11) is 0. The van der Waals surface area contributed by atoms with Crippen molar-refractivity contribution in [2.24, 2.45) is 0 Å². The van der Waals surface area contributed by atoms with Crippen LogP contribution < -0.4 is 9.47 Å². The minimum Gasteiger partial charge on any atom is -0.482 e. The zero-order chi connectivity index (χ0) is 17.0. The van der Waals surface area contributed by atoms with Gasteiger partial charge in [0.25, 0.3) is 0 Å². The van der Waals surface area contributed by atoms with E-state index in [1.807, 2.05) is 19.1 Å². The van der Waals surface area contributed by atoms with Crippen molar-refractivity contribution < 1.29 is 14.3 Å². The number of carbonyl (C=O) groups is 1. The van der Waals surface area contributed by atoms with Crippen LogP contribution in [0.15, 0.2) is 40.9 Å². The summed E-state index contributed by atoms with van der Waals surface area (Å²) in [5.41, 5.74) is 2.09. The van der Waals surface area contributed by atoms with Gasteiger partial charge in [-0.25, -0.2) is 4.79 Å². The van der Waals surface area contributed by atoms with Gasteiger partial charge >= 0.3 is 5.97 Å². The maximum absolute atomic E-state index is 11.9. The molecule has 0 unspecified atom stereocenters. The second kappa shape index (κ2) is 7.84. The van der Waals surface area contributed by atoms with E-state index in [-0.39, 0.29) is 12.5 Å². The summed E-state index contributed by atoms with van der Waals surface area (Å²) in [6, 6.07) is 10.6. The molecule has 0 aliphatic heterocycles. The number of rotatable bonds is 5. The van der Waals surface area contributed by atoms with E-state index in [1.54, 1.807) is 24.3 Å². The summed E-state index contributed by atoms with van der Waals surface area (Å²) in [4.78, 5) is 11.9. The minimum atomic E-state index is -0.456. The summed E-state index contributed by atoms with van der Waals surface area (Å²) in [5.74, 6) is 0.976. The molecule has 2 aromatic carbocycles. The van der Waals surface area contributed by atoms with Crippen LogP contribution in [0.3, 0.4) is 0 Å². The number of esters is 1. The molecule has 0 atom stereocenters. The van der Waals surface area contributed by atoms with Gasteiger partial charge in [-0.15, -0.1) is 0 Å². The van der Waals surface area contributed by atoms with E-state index in [9.17, 15) is 4.79 Å². The molecule has 122 valence electrons. The highest BCUT2D eigenvalue weighted by Gasteiger charge is 2.13. The van der Waals surface area contributed by atoms with Crippen molar-refractivity contribution in [1.29, 1.82) is 0 Å². The molecule has 5 heteroatoms. The van der Waals surface area contributed by atoms with Crippen LogP contribution in [0.2, 0.25) is 5.02 Å². The van der Waals surface area contributed by atoms with Gasteiger partial charge in [-0.2, -0.15) is 0 Å². The van der Waals surface area contributed by atoms with Gasteiger partial charge in [-0.05, 0) is 60.4 Å². The molecular weight excluding hydrogens is 380 g/mol. The van der Waals surface area contributed by atoms with Crippen LogP contribution in [0.4, 0.5) is 0 Å². The number of halogens is 2. The first-order chi connectivity index (χ1) is 10.9. The SMILES string of the molecule is Cc1cc(OCC(=O)Oc2ccc(Cl)cc2)c(C(C)C)cc1Br. The molecule has 0 bridgehead atoms. The predicted molar refractivity (Wildman–Crippen MR) is 95.6 cm³/mol. The van der Waals surface area contributed by atoms with E-state index in [1.165, 1.54) is 0 Å². The standard InChI is InChI=1S/C18H18BrClO3/c1-11(2)15-9-16(19)12(3)8-17(15)22-10-18(21)23-14-6-4-13(20)5-7-14/h4-9,11H,10H2,1-3H3. The van der Waals surface area contributed by atoms with Crippen LogP contribution in [0, 0.1) is 6.92 Å². The fourth-order valence-corrected chi connectivity index (χ4v) is 2.53. The topological polar surface area (TPSA) is 35.5 Å². The lowest BCUT2D eigenvalue weighted by atomic mass is 10.0. The van der Waals surface area contributed by atoms with E-state index >= 15 is 0 Å². The van der Waals surface area contributed by atoms with Gasteiger partial charge in [0.15, 0.2) is 6.61 Å². The molecule has 0 saturated carbocycles. The van der Waals surface area contributed by atoms with Crippen molar-refractivity contribution in [3.8, 4) is 11.5 Å². The van der Waals surface area contributed by atoms with Crippen LogP contribution in [0.5, 0.6) is 11.5 Å². The van der Waals surface area contributed by atoms with Crippen molar-refractivity contribution in [3.05, 3.63) is 57.0 Å². The van der Waals surface area contributed by atoms with Crippen LogP contribution in [-0.2, 0) is 4.79 Å². The molecule has 23 heavy (non-hydrogen) atoms. The Balaban J connectivity index is 2.04. The third-order valence-electron chi connectivity index (χ3n) is 3.30. The Morgan fingerprint density at radius 3 is 2.48 bits per heavy atom. The summed E-state index contributed by atoms with van der Waals surface area (Å²) in [5, 5.41) is 0.591. The van der Waals surface area contributed by atoms with E-state index in [2.05, 4.69) is 29.8 Å². The van der Waals surface area contributed by atoms with Crippen LogP contribution in [0.25, 0.3) is 0 Å². The van der Waals surface area contributed by atoms with Crippen molar-refractivity contribution >= 4 is 33.5 Å². The molecule has 0 aromatic heterocycles. The Hall–Kier alpha value is -1.52. The minimum absolute atomic E-state index is 0.149. The fraction of sp³-hybridized carbons (Fsp3) is 0.278. The summed E-state index contributed by atoms with van der Waals surface area (Å²) in [6.45, 7) is 5.99. The molecule has 0 aliphatic rings. The molecule has 0 aliphatic carbocycles. The molecule has 0 N–H and O–H groups in total. The molecular formula is C18H18BrClO3. The summed E-state index contributed by atoms with van der Waals surface area (Å²) in [6.07, 6.45) is 0. The van der Waals surface area contributed by atoms with Crippen molar-refractivity contribution in [2.45, 2.75) is 26.7 Å². The molecule has 0 heterocycles. The average molecular weight is 398 g/mol. The van der Waals surface area contributed by atoms with Gasteiger partial charge in [0.1, 0.15) is 11.5 Å². The van der Waals surface area contributed by atoms with Crippen molar-refractivity contribution in [3.63, 3.8) is 0 Å². The van der Waals surface area contributed by atoms with E-state index in [4.69, 9.17) is 21.1 Å². The molecule has 3 nitrogen and oxygen atoms in total. The van der Waals surface area contributed by atoms with Gasteiger partial charge < -0.3 is 9.47 Å². The van der Waals surface area contributed by atoms with E-state index in [0.717, 1.165) is 15.6 Å². The molecule has 0 saturated heterocycles. The number of carbonyl (C=O) groups excluding carboxylic acids is 1. The summed E-state index contributed by atoms with van der Waals surface area (Å²) >= 11 is 9.32. The van der Waals surface area contributed by atoms with Gasteiger partial charge in [0.2, 0.25) is 0 Å². The number of benzene rings is 2. The highest BCUT2D eigenvalue weighted by molar-refractivity contribution is 9.10. The molecule has 2 aromatic rings. The fourth-order valence-electron chi connectivity index (χ4n) is 2.05. The number of ether oxygens (including phenoxy) is 2. The molecule has 0 amide bonds. The smallest absolute Gasteiger partial charge is 0.349 e. The summed E-state index contributed by atoms with van der Waals surface area (Å²) < 4.78 is 11.9. The first-order valence-corrected chi connectivity index (χ1v) is 8.43. The number of hydrogen-bond donors (Lipinski definition) is 0. The van der Waals surface area contributed by atoms with Gasteiger partial charge in [-0.1, -0.05) is 41.4 Å². The predicted octanol–water partition coefficient (Wildman–Crippen LogP) is 5.52. The maximum Gasteiger partial charge on any atom is 0.349 e. The number of hydrogen-bond acceptors (Lipinski definition) is 3. The third-order valence-corrected chi connectivity index (χ3v) is 4.41.